The van der Waals surface area contributed by atoms with E-state index in [-0.39, 0.29) is 12.1 Å². The molecule has 0 bridgehead atoms. The molecule has 2 nitrogen and oxygen atoms in total. The van der Waals surface area contributed by atoms with Crippen molar-refractivity contribution in [2.24, 2.45) is 11.7 Å². The molecule has 2 N–H and O–H groups in total. The van der Waals surface area contributed by atoms with E-state index >= 15 is 0 Å². The predicted molar refractivity (Wildman–Crippen MR) is 70.9 cm³/mol. The van der Waals surface area contributed by atoms with Gasteiger partial charge in [-0.1, -0.05) is 13.8 Å². The largest absolute Gasteiger partial charge is 0.377 e. The van der Waals surface area contributed by atoms with Gasteiger partial charge in [-0.2, -0.15) is 11.3 Å². The summed E-state index contributed by atoms with van der Waals surface area (Å²) < 4.78 is 5.71. The molecule has 0 radical (unpaired) electrons. The SMILES string of the molecule is CCOC(C(C)C)C(N)CCc1ccsc1. The van der Waals surface area contributed by atoms with Gasteiger partial charge in [0.1, 0.15) is 0 Å². The number of ether oxygens (including phenoxy) is 1. The second-order valence-electron chi connectivity index (χ2n) is 4.50. The Morgan fingerprint density at radius 1 is 1.44 bits per heavy atom. The lowest BCUT2D eigenvalue weighted by atomic mass is 9.95. The van der Waals surface area contributed by atoms with Crippen LogP contribution in [0.1, 0.15) is 32.8 Å². The first-order valence-corrected chi connectivity index (χ1v) is 6.97. The van der Waals surface area contributed by atoms with Crippen molar-refractivity contribution in [2.75, 3.05) is 6.61 Å². The Bertz CT molecular complexity index is 271. The number of thiophene rings is 1. The Morgan fingerprint density at radius 3 is 2.69 bits per heavy atom. The van der Waals surface area contributed by atoms with Gasteiger partial charge in [-0.25, -0.2) is 0 Å². The molecule has 1 rings (SSSR count). The highest BCUT2D eigenvalue weighted by molar-refractivity contribution is 7.07. The van der Waals surface area contributed by atoms with Crippen LogP contribution in [-0.2, 0) is 11.2 Å². The van der Waals surface area contributed by atoms with Crippen molar-refractivity contribution in [1.82, 2.24) is 0 Å². The van der Waals surface area contributed by atoms with E-state index in [0.717, 1.165) is 19.4 Å². The summed E-state index contributed by atoms with van der Waals surface area (Å²) in [5.41, 5.74) is 7.59. The second-order valence-corrected chi connectivity index (χ2v) is 5.28. The van der Waals surface area contributed by atoms with Crippen molar-refractivity contribution in [2.45, 2.75) is 45.8 Å². The Labute approximate surface area is 103 Å². The van der Waals surface area contributed by atoms with E-state index in [1.807, 2.05) is 6.92 Å². The molecular weight excluding hydrogens is 218 g/mol. The first-order valence-electron chi connectivity index (χ1n) is 6.03. The monoisotopic (exact) mass is 241 g/mol. The second kappa shape index (κ2) is 7.05. The van der Waals surface area contributed by atoms with Crippen LogP contribution in [0.2, 0.25) is 0 Å². The van der Waals surface area contributed by atoms with E-state index in [1.54, 1.807) is 11.3 Å². The summed E-state index contributed by atoms with van der Waals surface area (Å²) in [6.45, 7) is 7.12. The fourth-order valence-electron chi connectivity index (χ4n) is 1.94. The third-order valence-corrected chi connectivity index (χ3v) is 3.52. The molecule has 0 aliphatic rings. The van der Waals surface area contributed by atoms with Gasteiger partial charge in [-0.3, -0.25) is 0 Å². The molecule has 16 heavy (non-hydrogen) atoms. The van der Waals surface area contributed by atoms with Crippen LogP contribution < -0.4 is 5.73 Å². The number of rotatable bonds is 7. The molecule has 0 saturated heterocycles. The normalized spacial score (nSPS) is 15.3. The van der Waals surface area contributed by atoms with Gasteiger partial charge < -0.3 is 10.5 Å². The molecule has 0 spiro atoms. The molecular formula is C13H23NOS. The van der Waals surface area contributed by atoms with Gasteiger partial charge in [0.25, 0.3) is 0 Å². The minimum absolute atomic E-state index is 0.139. The Morgan fingerprint density at radius 2 is 2.19 bits per heavy atom. The zero-order valence-corrected chi connectivity index (χ0v) is 11.3. The van der Waals surface area contributed by atoms with Gasteiger partial charge in [0.2, 0.25) is 0 Å². The van der Waals surface area contributed by atoms with Gasteiger partial charge in [0, 0.05) is 12.6 Å². The summed E-state index contributed by atoms with van der Waals surface area (Å²) in [6, 6.07) is 2.31. The smallest absolute Gasteiger partial charge is 0.0748 e. The molecule has 0 fully saturated rings. The van der Waals surface area contributed by atoms with Gasteiger partial charge in [0.05, 0.1) is 6.10 Å². The third kappa shape index (κ3) is 4.24. The summed E-state index contributed by atoms with van der Waals surface area (Å²) in [5, 5.41) is 4.31. The molecule has 0 aliphatic carbocycles. The van der Waals surface area contributed by atoms with Crippen molar-refractivity contribution in [3.63, 3.8) is 0 Å². The van der Waals surface area contributed by atoms with E-state index in [9.17, 15) is 0 Å². The third-order valence-electron chi connectivity index (χ3n) is 2.78. The molecule has 2 atom stereocenters. The molecule has 0 aromatic carbocycles. The molecule has 3 heteroatoms. The number of hydrogen-bond acceptors (Lipinski definition) is 3. The number of aryl methyl sites for hydroxylation is 1. The summed E-state index contributed by atoms with van der Waals surface area (Å²) in [7, 11) is 0. The Hall–Kier alpha value is -0.380. The van der Waals surface area contributed by atoms with E-state index in [2.05, 4.69) is 30.7 Å². The lowest BCUT2D eigenvalue weighted by Crippen LogP contribution is -2.40. The van der Waals surface area contributed by atoms with Gasteiger partial charge in [-0.15, -0.1) is 0 Å². The maximum absolute atomic E-state index is 6.20. The molecule has 0 saturated carbocycles. The Balaban J connectivity index is 2.39. The van der Waals surface area contributed by atoms with Crippen LogP contribution in [-0.4, -0.2) is 18.8 Å². The molecule has 1 aromatic heterocycles. The van der Waals surface area contributed by atoms with E-state index < -0.39 is 0 Å². The molecule has 1 heterocycles. The highest BCUT2D eigenvalue weighted by Gasteiger charge is 2.21. The first kappa shape index (κ1) is 13.7. The maximum atomic E-state index is 6.20. The van der Waals surface area contributed by atoms with Crippen molar-refractivity contribution in [3.8, 4) is 0 Å². The topological polar surface area (TPSA) is 35.2 Å². The maximum Gasteiger partial charge on any atom is 0.0748 e. The standard InChI is InChI=1S/C13H23NOS/c1-4-15-13(10(2)3)12(14)6-5-11-7-8-16-9-11/h7-10,12-13H,4-6,14H2,1-3H3. The van der Waals surface area contributed by atoms with Gasteiger partial charge in [0.15, 0.2) is 0 Å². The van der Waals surface area contributed by atoms with Crippen LogP contribution >= 0.6 is 11.3 Å². The van der Waals surface area contributed by atoms with Crippen LogP contribution in [0.4, 0.5) is 0 Å². The fourth-order valence-corrected chi connectivity index (χ4v) is 2.64. The number of nitrogens with two attached hydrogens (primary N) is 1. The average Bonchev–Trinajstić information content (AvgIpc) is 2.75. The highest BCUT2D eigenvalue weighted by Crippen LogP contribution is 2.15. The minimum Gasteiger partial charge on any atom is -0.377 e. The summed E-state index contributed by atoms with van der Waals surface area (Å²) in [6.07, 6.45) is 2.24. The first-order chi connectivity index (χ1) is 7.65. The summed E-state index contributed by atoms with van der Waals surface area (Å²) in [5.74, 6) is 0.484. The van der Waals surface area contributed by atoms with E-state index in [4.69, 9.17) is 10.5 Å². The van der Waals surface area contributed by atoms with Crippen molar-refractivity contribution >= 4 is 11.3 Å². The Kier molecular flexibility index (Phi) is 6.03. The zero-order chi connectivity index (χ0) is 12.0. The lowest BCUT2D eigenvalue weighted by molar-refractivity contribution is 0.0110. The average molecular weight is 241 g/mol. The van der Waals surface area contributed by atoms with Crippen LogP contribution in [0.5, 0.6) is 0 Å². The van der Waals surface area contributed by atoms with Crippen LogP contribution in [0, 0.1) is 5.92 Å². The highest BCUT2D eigenvalue weighted by atomic mass is 32.1. The molecule has 0 amide bonds. The van der Waals surface area contributed by atoms with Crippen LogP contribution in [0.15, 0.2) is 16.8 Å². The minimum atomic E-state index is 0.139. The quantitative estimate of drug-likeness (QED) is 0.796. The molecule has 0 aliphatic heterocycles. The van der Waals surface area contributed by atoms with Crippen LogP contribution in [0.3, 0.4) is 0 Å². The predicted octanol–water partition coefficient (Wildman–Crippen LogP) is 3.07. The van der Waals surface area contributed by atoms with Crippen molar-refractivity contribution in [3.05, 3.63) is 22.4 Å². The molecule has 2 unspecified atom stereocenters. The summed E-state index contributed by atoms with van der Waals surface area (Å²) in [4.78, 5) is 0. The summed E-state index contributed by atoms with van der Waals surface area (Å²) >= 11 is 1.74. The van der Waals surface area contributed by atoms with Crippen molar-refractivity contribution in [1.29, 1.82) is 0 Å². The van der Waals surface area contributed by atoms with E-state index in [1.165, 1.54) is 5.56 Å². The molecule has 1 aromatic rings. The fraction of sp³-hybridized carbons (Fsp3) is 0.692. The number of hydrogen-bond donors (Lipinski definition) is 1. The lowest BCUT2D eigenvalue weighted by Gasteiger charge is -2.27. The van der Waals surface area contributed by atoms with Crippen LogP contribution in [0.25, 0.3) is 0 Å². The van der Waals surface area contributed by atoms with E-state index in [0.29, 0.717) is 5.92 Å². The molecule has 92 valence electrons. The zero-order valence-electron chi connectivity index (χ0n) is 10.5. The van der Waals surface area contributed by atoms with Gasteiger partial charge in [-0.05, 0) is 48.1 Å². The van der Waals surface area contributed by atoms with Gasteiger partial charge >= 0.3 is 0 Å². The van der Waals surface area contributed by atoms with Crippen molar-refractivity contribution < 1.29 is 4.74 Å².